The number of nitrogens with one attached hydrogen (secondary N) is 2. The highest BCUT2D eigenvalue weighted by molar-refractivity contribution is 5.96. The number of rotatable bonds is 9. The number of nitrogens with zero attached hydrogens (tertiary/aromatic N) is 1. The van der Waals surface area contributed by atoms with Gasteiger partial charge in [0.05, 0.1) is 6.61 Å². The second-order valence-corrected chi connectivity index (χ2v) is 6.34. The average Bonchev–Trinajstić information content (AvgIpc) is 2.71. The quantitative estimate of drug-likeness (QED) is 0.686. The number of anilines is 1. The first kappa shape index (κ1) is 21.4. The summed E-state index contributed by atoms with van der Waals surface area (Å²) in [6, 6.07) is 14.9. The minimum Gasteiger partial charge on any atom is -0.450 e. The Morgan fingerprint density at radius 3 is 2.36 bits per heavy atom. The third-order valence-electron chi connectivity index (χ3n) is 4.49. The van der Waals surface area contributed by atoms with Gasteiger partial charge >= 0.3 is 6.09 Å². The van der Waals surface area contributed by atoms with Crippen molar-refractivity contribution >= 4 is 17.7 Å². The summed E-state index contributed by atoms with van der Waals surface area (Å²) in [6.45, 7) is 9.59. The van der Waals surface area contributed by atoms with Gasteiger partial charge in [-0.15, -0.1) is 0 Å². The van der Waals surface area contributed by atoms with Crippen molar-refractivity contribution < 1.29 is 14.3 Å². The first-order chi connectivity index (χ1) is 13.6. The SMILES string of the molecule is CCOC(=O)Nc1cccc(C(=O)NCc2ccccc2CN(CC)CC)c1. The van der Waals surface area contributed by atoms with Gasteiger partial charge in [0.25, 0.3) is 5.91 Å². The Bertz CT molecular complexity index is 788. The average molecular weight is 383 g/mol. The van der Waals surface area contributed by atoms with E-state index in [0.717, 1.165) is 25.2 Å². The molecule has 0 unspecified atom stereocenters. The maximum atomic E-state index is 12.6. The van der Waals surface area contributed by atoms with Crippen molar-refractivity contribution in [3.05, 3.63) is 65.2 Å². The van der Waals surface area contributed by atoms with Gasteiger partial charge in [-0.2, -0.15) is 0 Å². The number of carbonyl (C=O) groups excluding carboxylic acids is 2. The van der Waals surface area contributed by atoms with Crippen LogP contribution in [0.15, 0.2) is 48.5 Å². The molecule has 0 saturated heterocycles. The highest BCUT2D eigenvalue weighted by Crippen LogP contribution is 2.14. The van der Waals surface area contributed by atoms with E-state index in [2.05, 4.69) is 35.4 Å². The summed E-state index contributed by atoms with van der Waals surface area (Å²) in [5.41, 5.74) is 3.32. The van der Waals surface area contributed by atoms with Crippen LogP contribution in [0.3, 0.4) is 0 Å². The van der Waals surface area contributed by atoms with Crippen LogP contribution < -0.4 is 10.6 Å². The maximum absolute atomic E-state index is 12.6. The monoisotopic (exact) mass is 383 g/mol. The number of amides is 2. The minimum atomic E-state index is -0.537. The van der Waals surface area contributed by atoms with Crippen molar-refractivity contribution in [2.75, 3.05) is 25.0 Å². The van der Waals surface area contributed by atoms with E-state index in [4.69, 9.17) is 4.74 Å². The molecule has 0 spiro atoms. The van der Waals surface area contributed by atoms with E-state index in [0.29, 0.717) is 24.4 Å². The topological polar surface area (TPSA) is 70.7 Å². The first-order valence-electron chi connectivity index (χ1n) is 9.68. The molecule has 0 fully saturated rings. The van der Waals surface area contributed by atoms with Crippen LogP contribution in [-0.4, -0.2) is 36.6 Å². The lowest BCUT2D eigenvalue weighted by atomic mass is 10.1. The lowest BCUT2D eigenvalue weighted by Crippen LogP contribution is -2.26. The van der Waals surface area contributed by atoms with E-state index in [1.165, 1.54) is 5.56 Å². The van der Waals surface area contributed by atoms with Gasteiger partial charge in [-0.25, -0.2) is 4.79 Å². The summed E-state index contributed by atoms with van der Waals surface area (Å²) in [7, 11) is 0. The summed E-state index contributed by atoms with van der Waals surface area (Å²) in [5, 5.41) is 5.58. The molecule has 2 aromatic carbocycles. The Labute approximate surface area is 166 Å². The molecule has 0 aliphatic rings. The fourth-order valence-corrected chi connectivity index (χ4v) is 2.87. The summed E-state index contributed by atoms with van der Waals surface area (Å²) < 4.78 is 4.86. The fourth-order valence-electron chi connectivity index (χ4n) is 2.87. The number of benzene rings is 2. The molecule has 0 aromatic heterocycles. The Balaban J connectivity index is 2.02. The van der Waals surface area contributed by atoms with E-state index >= 15 is 0 Å². The summed E-state index contributed by atoms with van der Waals surface area (Å²) in [6.07, 6.45) is -0.537. The van der Waals surface area contributed by atoms with Crippen molar-refractivity contribution in [3.8, 4) is 0 Å². The lowest BCUT2D eigenvalue weighted by molar-refractivity contribution is 0.0950. The molecule has 6 nitrogen and oxygen atoms in total. The third kappa shape index (κ3) is 6.39. The van der Waals surface area contributed by atoms with Crippen LogP contribution in [0.25, 0.3) is 0 Å². The standard InChI is InChI=1S/C22H29N3O3/c1-4-25(5-2)16-19-11-8-7-10-18(19)15-23-21(26)17-12-9-13-20(14-17)24-22(27)28-6-3/h7-14H,4-6,15-16H2,1-3H3,(H,23,26)(H,24,27). The Morgan fingerprint density at radius 2 is 1.68 bits per heavy atom. The second kappa shape index (κ2) is 11.1. The molecule has 2 N–H and O–H groups in total. The number of hydrogen-bond donors (Lipinski definition) is 2. The number of carbonyl (C=O) groups is 2. The molecule has 0 saturated carbocycles. The predicted molar refractivity (Wildman–Crippen MR) is 111 cm³/mol. The van der Waals surface area contributed by atoms with Gasteiger partial charge in [-0.3, -0.25) is 15.0 Å². The van der Waals surface area contributed by atoms with E-state index in [1.54, 1.807) is 31.2 Å². The molecule has 150 valence electrons. The van der Waals surface area contributed by atoms with Gasteiger partial charge in [0.15, 0.2) is 0 Å². The van der Waals surface area contributed by atoms with Crippen LogP contribution in [0.2, 0.25) is 0 Å². The molecule has 0 aliphatic carbocycles. The highest BCUT2D eigenvalue weighted by atomic mass is 16.5. The van der Waals surface area contributed by atoms with Crippen molar-refractivity contribution in [3.63, 3.8) is 0 Å². The van der Waals surface area contributed by atoms with E-state index in [-0.39, 0.29) is 5.91 Å². The first-order valence-corrected chi connectivity index (χ1v) is 9.68. The van der Waals surface area contributed by atoms with Crippen molar-refractivity contribution in [1.82, 2.24) is 10.2 Å². The van der Waals surface area contributed by atoms with Crippen LogP contribution in [0.4, 0.5) is 10.5 Å². The molecule has 0 radical (unpaired) electrons. The third-order valence-corrected chi connectivity index (χ3v) is 4.49. The van der Waals surface area contributed by atoms with Gasteiger partial charge < -0.3 is 10.1 Å². The number of hydrogen-bond acceptors (Lipinski definition) is 4. The second-order valence-electron chi connectivity index (χ2n) is 6.34. The molecule has 0 heterocycles. The van der Waals surface area contributed by atoms with Gasteiger partial charge in [-0.1, -0.05) is 44.2 Å². The molecule has 2 aromatic rings. The molecular formula is C22H29N3O3. The smallest absolute Gasteiger partial charge is 0.411 e. The van der Waals surface area contributed by atoms with Crippen LogP contribution in [-0.2, 0) is 17.8 Å². The van der Waals surface area contributed by atoms with Gasteiger partial charge in [0, 0.05) is 24.3 Å². The van der Waals surface area contributed by atoms with Gasteiger partial charge in [0.2, 0.25) is 0 Å². The van der Waals surface area contributed by atoms with Crippen LogP contribution in [0.1, 0.15) is 42.3 Å². The molecule has 28 heavy (non-hydrogen) atoms. The van der Waals surface area contributed by atoms with E-state index < -0.39 is 6.09 Å². The molecule has 0 atom stereocenters. The van der Waals surface area contributed by atoms with E-state index in [9.17, 15) is 9.59 Å². The zero-order valence-electron chi connectivity index (χ0n) is 16.8. The maximum Gasteiger partial charge on any atom is 0.411 e. The fraction of sp³-hybridized carbons (Fsp3) is 0.364. The summed E-state index contributed by atoms with van der Waals surface area (Å²) >= 11 is 0. The molecule has 0 aliphatic heterocycles. The zero-order valence-corrected chi connectivity index (χ0v) is 16.8. The van der Waals surface area contributed by atoms with E-state index in [1.807, 2.05) is 18.2 Å². The van der Waals surface area contributed by atoms with Crippen LogP contribution in [0, 0.1) is 0 Å². The molecule has 2 rings (SSSR count). The summed E-state index contributed by atoms with van der Waals surface area (Å²) in [4.78, 5) is 26.4. The highest BCUT2D eigenvalue weighted by Gasteiger charge is 2.10. The predicted octanol–water partition coefficient (Wildman–Crippen LogP) is 4.03. The van der Waals surface area contributed by atoms with Crippen LogP contribution >= 0.6 is 0 Å². The van der Waals surface area contributed by atoms with Gasteiger partial charge in [0.1, 0.15) is 0 Å². The van der Waals surface area contributed by atoms with Crippen molar-refractivity contribution in [2.24, 2.45) is 0 Å². The molecular weight excluding hydrogens is 354 g/mol. The molecule has 6 heteroatoms. The largest absolute Gasteiger partial charge is 0.450 e. The minimum absolute atomic E-state index is 0.190. The normalized spacial score (nSPS) is 10.6. The van der Waals surface area contributed by atoms with Crippen molar-refractivity contribution in [2.45, 2.75) is 33.9 Å². The molecule has 2 amide bonds. The van der Waals surface area contributed by atoms with Crippen LogP contribution in [0.5, 0.6) is 0 Å². The van der Waals surface area contributed by atoms with Crippen molar-refractivity contribution in [1.29, 1.82) is 0 Å². The number of ether oxygens (including phenoxy) is 1. The Hall–Kier alpha value is -2.86. The zero-order chi connectivity index (χ0) is 20.4. The molecule has 0 bridgehead atoms. The Kier molecular flexibility index (Phi) is 8.49. The Morgan fingerprint density at radius 1 is 0.964 bits per heavy atom. The summed E-state index contributed by atoms with van der Waals surface area (Å²) in [5.74, 6) is -0.190. The lowest BCUT2D eigenvalue weighted by Gasteiger charge is -2.20. The van der Waals surface area contributed by atoms with Gasteiger partial charge in [-0.05, 0) is 49.3 Å².